The van der Waals surface area contributed by atoms with Gasteiger partial charge in [0.05, 0.1) is 12.4 Å². The van der Waals surface area contributed by atoms with Crippen LogP contribution in [0, 0.1) is 0 Å². The Kier molecular flexibility index (Phi) is 7.95. The zero-order valence-electron chi connectivity index (χ0n) is 13.3. The third kappa shape index (κ3) is 6.70. The van der Waals surface area contributed by atoms with Crippen molar-refractivity contribution in [1.82, 2.24) is 14.9 Å². The molecule has 1 heterocycles. The zero-order valence-corrected chi connectivity index (χ0v) is 13.3. The average molecular weight is 279 g/mol. The van der Waals surface area contributed by atoms with Crippen molar-refractivity contribution in [1.29, 1.82) is 0 Å². The molecule has 114 valence electrons. The van der Waals surface area contributed by atoms with Gasteiger partial charge in [-0.25, -0.2) is 4.98 Å². The first-order chi connectivity index (χ1) is 9.63. The van der Waals surface area contributed by atoms with Crippen molar-refractivity contribution in [3.05, 3.63) is 12.4 Å². The lowest BCUT2D eigenvalue weighted by Gasteiger charge is -2.20. The molecule has 0 radical (unpaired) electrons. The van der Waals surface area contributed by atoms with Gasteiger partial charge in [0.25, 0.3) is 0 Å². The van der Waals surface area contributed by atoms with E-state index in [1.165, 1.54) is 6.42 Å². The molecule has 0 atom stereocenters. The summed E-state index contributed by atoms with van der Waals surface area (Å²) >= 11 is 0. The fourth-order valence-electron chi connectivity index (χ4n) is 1.75. The van der Waals surface area contributed by atoms with Crippen LogP contribution in [0.4, 0.5) is 11.6 Å². The summed E-state index contributed by atoms with van der Waals surface area (Å²) in [6.07, 6.45) is 6.97. The van der Waals surface area contributed by atoms with Crippen LogP contribution in [0.15, 0.2) is 12.4 Å². The van der Waals surface area contributed by atoms with Gasteiger partial charge in [-0.15, -0.1) is 0 Å². The lowest BCUT2D eigenvalue weighted by molar-refractivity contribution is 0.269. The lowest BCUT2D eigenvalue weighted by Crippen LogP contribution is -2.27. The molecular formula is C15H29N5. The summed E-state index contributed by atoms with van der Waals surface area (Å²) < 4.78 is 0. The second-order valence-electron chi connectivity index (χ2n) is 5.42. The van der Waals surface area contributed by atoms with Crippen LogP contribution in [-0.4, -0.2) is 47.6 Å². The van der Waals surface area contributed by atoms with E-state index in [2.05, 4.69) is 53.3 Å². The van der Waals surface area contributed by atoms with Crippen LogP contribution in [0.5, 0.6) is 0 Å². The molecule has 5 heteroatoms. The Hall–Kier alpha value is -1.36. The smallest absolute Gasteiger partial charge is 0.146 e. The predicted octanol–water partition coefficient (Wildman–Crippen LogP) is 2.83. The first-order valence-corrected chi connectivity index (χ1v) is 7.63. The standard InChI is InChI=1S/C15H29N5/c1-5-8-17-14-11-16-12-15(19-14)18-9-6-7-10-20(4)13(2)3/h11-13H,5-10H2,1-4H3,(H2,17,18,19). The molecule has 2 N–H and O–H groups in total. The number of hydrogen-bond donors (Lipinski definition) is 2. The maximum atomic E-state index is 4.48. The molecule has 0 aliphatic carbocycles. The molecule has 20 heavy (non-hydrogen) atoms. The van der Waals surface area contributed by atoms with Gasteiger partial charge in [0.1, 0.15) is 11.6 Å². The van der Waals surface area contributed by atoms with E-state index >= 15 is 0 Å². The van der Waals surface area contributed by atoms with Gasteiger partial charge < -0.3 is 15.5 Å². The van der Waals surface area contributed by atoms with Gasteiger partial charge in [-0.2, -0.15) is 0 Å². The normalized spacial score (nSPS) is 11.1. The molecule has 1 aromatic rings. The summed E-state index contributed by atoms with van der Waals surface area (Å²) in [6, 6.07) is 0.621. The van der Waals surface area contributed by atoms with Crippen LogP contribution in [0.2, 0.25) is 0 Å². The van der Waals surface area contributed by atoms with E-state index in [-0.39, 0.29) is 0 Å². The Morgan fingerprint density at radius 3 is 2.35 bits per heavy atom. The van der Waals surface area contributed by atoms with Crippen LogP contribution in [0.3, 0.4) is 0 Å². The van der Waals surface area contributed by atoms with E-state index in [1.54, 1.807) is 12.4 Å². The summed E-state index contributed by atoms with van der Waals surface area (Å²) in [7, 11) is 2.17. The molecule has 0 unspecified atom stereocenters. The highest BCUT2D eigenvalue weighted by Crippen LogP contribution is 2.07. The number of aromatic nitrogens is 2. The predicted molar refractivity (Wildman–Crippen MR) is 86.3 cm³/mol. The first-order valence-electron chi connectivity index (χ1n) is 7.63. The number of unbranched alkanes of at least 4 members (excludes halogenated alkanes) is 1. The van der Waals surface area contributed by atoms with Crippen molar-refractivity contribution in [2.24, 2.45) is 0 Å². The number of nitrogens with zero attached hydrogens (tertiary/aromatic N) is 3. The quantitative estimate of drug-likeness (QED) is 0.645. The summed E-state index contributed by atoms with van der Waals surface area (Å²) in [5.41, 5.74) is 0. The Labute approximate surface area is 123 Å². The monoisotopic (exact) mass is 279 g/mol. The first kappa shape index (κ1) is 16.7. The van der Waals surface area contributed by atoms with Gasteiger partial charge in [-0.1, -0.05) is 6.92 Å². The molecule has 5 nitrogen and oxygen atoms in total. The van der Waals surface area contributed by atoms with E-state index in [0.29, 0.717) is 6.04 Å². The minimum absolute atomic E-state index is 0.621. The molecule has 0 saturated carbocycles. The second kappa shape index (κ2) is 9.53. The Morgan fingerprint density at radius 2 is 1.75 bits per heavy atom. The highest BCUT2D eigenvalue weighted by Gasteiger charge is 2.02. The minimum Gasteiger partial charge on any atom is -0.369 e. The fraction of sp³-hybridized carbons (Fsp3) is 0.733. The maximum Gasteiger partial charge on any atom is 0.146 e. The number of hydrogen-bond acceptors (Lipinski definition) is 5. The van der Waals surface area contributed by atoms with Crippen LogP contribution in [0.1, 0.15) is 40.0 Å². The maximum absolute atomic E-state index is 4.48. The largest absolute Gasteiger partial charge is 0.369 e. The molecule has 0 fully saturated rings. The van der Waals surface area contributed by atoms with E-state index in [4.69, 9.17) is 0 Å². The van der Waals surface area contributed by atoms with Gasteiger partial charge in [-0.05, 0) is 46.7 Å². The second-order valence-corrected chi connectivity index (χ2v) is 5.42. The van der Waals surface area contributed by atoms with Crippen molar-refractivity contribution in [2.45, 2.75) is 46.1 Å². The summed E-state index contributed by atoms with van der Waals surface area (Å²) in [6.45, 7) is 9.60. The summed E-state index contributed by atoms with van der Waals surface area (Å²) in [5.74, 6) is 1.69. The summed E-state index contributed by atoms with van der Waals surface area (Å²) in [4.78, 5) is 11.0. The molecule has 1 rings (SSSR count). The van der Waals surface area contributed by atoms with Crippen LogP contribution < -0.4 is 10.6 Å². The number of nitrogens with one attached hydrogen (secondary N) is 2. The zero-order chi connectivity index (χ0) is 14.8. The minimum atomic E-state index is 0.621. The molecule has 0 spiro atoms. The van der Waals surface area contributed by atoms with Gasteiger partial charge in [0.15, 0.2) is 0 Å². The van der Waals surface area contributed by atoms with E-state index in [0.717, 1.165) is 44.1 Å². The molecule has 0 bridgehead atoms. The van der Waals surface area contributed by atoms with Crippen LogP contribution >= 0.6 is 0 Å². The van der Waals surface area contributed by atoms with E-state index < -0.39 is 0 Å². The molecule has 1 aromatic heterocycles. The number of rotatable bonds is 10. The molecule has 0 saturated heterocycles. The molecule has 0 amide bonds. The summed E-state index contributed by atoms with van der Waals surface area (Å²) in [5, 5.41) is 6.58. The molecule has 0 aromatic carbocycles. The molecule has 0 aliphatic heterocycles. The Balaban J connectivity index is 2.21. The lowest BCUT2D eigenvalue weighted by atomic mass is 10.2. The van der Waals surface area contributed by atoms with Gasteiger partial charge in [-0.3, -0.25) is 4.98 Å². The van der Waals surface area contributed by atoms with Crippen molar-refractivity contribution >= 4 is 11.6 Å². The van der Waals surface area contributed by atoms with Crippen molar-refractivity contribution in [3.63, 3.8) is 0 Å². The highest BCUT2D eigenvalue weighted by atomic mass is 15.1. The number of anilines is 2. The Bertz CT molecular complexity index is 367. The molecular weight excluding hydrogens is 250 g/mol. The van der Waals surface area contributed by atoms with Gasteiger partial charge >= 0.3 is 0 Å². The van der Waals surface area contributed by atoms with E-state index in [9.17, 15) is 0 Å². The van der Waals surface area contributed by atoms with Crippen molar-refractivity contribution < 1.29 is 0 Å². The van der Waals surface area contributed by atoms with Crippen LogP contribution in [0.25, 0.3) is 0 Å². The third-order valence-electron chi connectivity index (χ3n) is 3.32. The fourth-order valence-corrected chi connectivity index (χ4v) is 1.75. The topological polar surface area (TPSA) is 53.1 Å². The molecule has 0 aliphatic rings. The van der Waals surface area contributed by atoms with Gasteiger partial charge in [0, 0.05) is 19.1 Å². The third-order valence-corrected chi connectivity index (χ3v) is 3.32. The average Bonchev–Trinajstić information content (AvgIpc) is 2.45. The Morgan fingerprint density at radius 1 is 1.10 bits per heavy atom. The van der Waals surface area contributed by atoms with Crippen molar-refractivity contribution in [3.8, 4) is 0 Å². The highest BCUT2D eigenvalue weighted by molar-refractivity contribution is 5.41. The SMILES string of the molecule is CCCNc1cncc(NCCCCN(C)C(C)C)n1. The van der Waals surface area contributed by atoms with Crippen LogP contribution in [-0.2, 0) is 0 Å². The van der Waals surface area contributed by atoms with E-state index in [1.807, 2.05) is 0 Å². The van der Waals surface area contributed by atoms with Gasteiger partial charge in [0.2, 0.25) is 0 Å². The van der Waals surface area contributed by atoms with Crippen molar-refractivity contribution in [2.75, 3.05) is 37.3 Å².